The molecule has 0 amide bonds. The molecule has 0 saturated carbocycles. The summed E-state index contributed by atoms with van der Waals surface area (Å²) < 4.78 is 0. The number of nitrogens with one attached hydrogen (secondary N) is 1. The molecule has 7 heteroatoms. The van der Waals surface area contributed by atoms with Gasteiger partial charge in [-0.1, -0.05) is 41.4 Å². The Bertz CT molecular complexity index is 1140. The monoisotopic (exact) mass is 443 g/mol. The SMILES string of the molecule is CC1=C(C(=O)O)C(c2cccc(O)c2)C2=C(CC(c3ccc(Cl)cc3Cl)CC2=O)N1. The first-order valence-electron chi connectivity index (χ1n) is 9.47. The molecule has 2 aromatic rings. The maximum absolute atomic E-state index is 13.3. The van der Waals surface area contributed by atoms with Crippen molar-refractivity contribution in [3.63, 3.8) is 0 Å². The summed E-state index contributed by atoms with van der Waals surface area (Å²) in [5.74, 6) is -2.11. The van der Waals surface area contributed by atoms with Gasteiger partial charge in [-0.2, -0.15) is 0 Å². The van der Waals surface area contributed by atoms with Crippen LogP contribution < -0.4 is 5.32 Å². The van der Waals surface area contributed by atoms with E-state index in [2.05, 4.69) is 5.32 Å². The minimum absolute atomic E-state index is 0.0182. The number of Topliss-reactive ketones (excluding diaryl/α,β-unsaturated/α-hetero) is 1. The molecular formula is C23H19Cl2NO4. The summed E-state index contributed by atoms with van der Waals surface area (Å²) in [6.07, 6.45) is 0.727. The van der Waals surface area contributed by atoms with Gasteiger partial charge in [0.05, 0.1) is 5.57 Å². The number of carboxylic acid groups (broad SMARTS) is 1. The van der Waals surface area contributed by atoms with Crippen molar-refractivity contribution < 1.29 is 19.8 Å². The number of halogens is 2. The van der Waals surface area contributed by atoms with Gasteiger partial charge in [0.1, 0.15) is 5.75 Å². The predicted molar refractivity (Wildman–Crippen MR) is 115 cm³/mol. The van der Waals surface area contributed by atoms with Crippen molar-refractivity contribution in [2.75, 3.05) is 0 Å². The lowest BCUT2D eigenvalue weighted by Gasteiger charge is -2.36. The summed E-state index contributed by atoms with van der Waals surface area (Å²) in [6, 6.07) is 11.6. The molecule has 0 fully saturated rings. The molecule has 154 valence electrons. The van der Waals surface area contributed by atoms with Gasteiger partial charge in [-0.25, -0.2) is 4.79 Å². The number of allylic oxidation sites excluding steroid dienone is 3. The predicted octanol–water partition coefficient (Wildman–Crippen LogP) is 5.15. The Morgan fingerprint density at radius 1 is 1.13 bits per heavy atom. The first kappa shape index (κ1) is 20.5. The second-order valence-corrected chi connectivity index (χ2v) is 8.43. The van der Waals surface area contributed by atoms with E-state index in [1.165, 1.54) is 12.1 Å². The number of carboxylic acids is 1. The first-order valence-corrected chi connectivity index (χ1v) is 10.2. The number of phenols is 1. The highest BCUT2D eigenvalue weighted by Crippen LogP contribution is 2.46. The van der Waals surface area contributed by atoms with Crippen molar-refractivity contribution in [3.8, 4) is 5.75 Å². The van der Waals surface area contributed by atoms with Crippen molar-refractivity contribution in [2.45, 2.75) is 31.6 Å². The quantitative estimate of drug-likeness (QED) is 0.610. The maximum Gasteiger partial charge on any atom is 0.334 e. The number of carbonyl (C=O) groups excluding carboxylic acids is 1. The molecule has 30 heavy (non-hydrogen) atoms. The highest BCUT2D eigenvalue weighted by atomic mass is 35.5. The zero-order chi connectivity index (χ0) is 21.6. The Balaban J connectivity index is 1.81. The van der Waals surface area contributed by atoms with Crippen molar-refractivity contribution in [3.05, 3.63) is 86.2 Å². The third-order valence-corrected chi connectivity index (χ3v) is 6.23. The van der Waals surface area contributed by atoms with Crippen molar-refractivity contribution in [1.29, 1.82) is 0 Å². The number of hydrogen-bond acceptors (Lipinski definition) is 4. The van der Waals surface area contributed by atoms with Gasteiger partial charge in [0.2, 0.25) is 0 Å². The summed E-state index contributed by atoms with van der Waals surface area (Å²) in [7, 11) is 0. The van der Waals surface area contributed by atoms with Crippen LogP contribution in [-0.2, 0) is 9.59 Å². The van der Waals surface area contributed by atoms with Crippen molar-refractivity contribution in [1.82, 2.24) is 5.32 Å². The second-order valence-electron chi connectivity index (χ2n) is 7.58. The van der Waals surface area contributed by atoms with Crippen LogP contribution in [0, 0.1) is 0 Å². The van der Waals surface area contributed by atoms with E-state index in [0.717, 1.165) is 5.56 Å². The van der Waals surface area contributed by atoms with E-state index in [4.69, 9.17) is 23.2 Å². The highest BCUT2D eigenvalue weighted by Gasteiger charge is 2.41. The van der Waals surface area contributed by atoms with E-state index < -0.39 is 11.9 Å². The van der Waals surface area contributed by atoms with Crippen LogP contribution in [-0.4, -0.2) is 22.0 Å². The van der Waals surface area contributed by atoms with Gasteiger partial charge in [0.25, 0.3) is 0 Å². The van der Waals surface area contributed by atoms with Crippen molar-refractivity contribution in [2.24, 2.45) is 0 Å². The van der Waals surface area contributed by atoms with Crippen LogP contribution in [0.3, 0.4) is 0 Å². The Labute approximate surface area is 183 Å². The third kappa shape index (κ3) is 3.59. The lowest BCUT2D eigenvalue weighted by atomic mass is 9.71. The van der Waals surface area contributed by atoms with Crippen LogP contribution in [0.1, 0.15) is 42.7 Å². The fraction of sp³-hybridized carbons (Fsp3) is 0.217. The van der Waals surface area contributed by atoms with Crippen LogP contribution in [0.2, 0.25) is 10.0 Å². The molecule has 5 nitrogen and oxygen atoms in total. The Kier molecular flexibility index (Phi) is 5.35. The number of carbonyl (C=O) groups is 2. The molecule has 4 rings (SSSR count). The van der Waals surface area contributed by atoms with E-state index in [-0.39, 0.29) is 29.4 Å². The lowest BCUT2D eigenvalue weighted by molar-refractivity contribution is -0.133. The average molecular weight is 444 g/mol. The lowest BCUT2D eigenvalue weighted by Crippen LogP contribution is -2.35. The van der Waals surface area contributed by atoms with Gasteiger partial charge in [0, 0.05) is 39.4 Å². The fourth-order valence-corrected chi connectivity index (χ4v) is 4.98. The minimum Gasteiger partial charge on any atom is -0.508 e. The molecular weight excluding hydrogens is 425 g/mol. The Morgan fingerprint density at radius 3 is 2.57 bits per heavy atom. The Morgan fingerprint density at radius 2 is 1.90 bits per heavy atom. The fourth-order valence-electron chi connectivity index (χ4n) is 4.41. The summed E-state index contributed by atoms with van der Waals surface area (Å²) in [5, 5.41) is 24.0. The van der Waals surface area contributed by atoms with Gasteiger partial charge >= 0.3 is 5.97 Å². The second kappa shape index (κ2) is 7.82. The van der Waals surface area contributed by atoms with Gasteiger partial charge in [-0.05, 0) is 54.7 Å². The maximum atomic E-state index is 13.3. The zero-order valence-corrected chi connectivity index (χ0v) is 17.6. The number of ketones is 1. The molecule has 2 unspecified atom stereocenters. The Hall–Kier alpha value is -2.76. The molecule has 2 aliphatic rings. The van der Waals surface area contributed by atoms with Gasteiger partial charge in [-0.3, -0.25) is 4.79 Å². The average Bonchev–Trinajstić information content (AvgIpc) is 2.66. The van der Waals surface area contributed by atoms with E-state index in [1.54, 1.807) is 31.2 Å². The highest BCUT2D eigenvalue weighted by molar-refractivity contribution is 6.35. The summed E-state index contributed by atoms with van der Waals surface area (Å²) in [4.78, 5) is 25.3. The smallest absolute Gasteiger partial charge is 0.334 e. The standard InChI is InChI=1S/C23H19Cl2NO4/c1-11-20(23(29)30)21(12-3-2-4-15(27)7-12)22-18(26-11)8-13(9-19(22)28)16-6-5-14(24)10-17(16)25/h2-7,10,13,21,26-27H,8-9H2,1H3,(H,29,30). The summed E-state index contributed by atoms with van der Waals surface area (Å²) in [6.45, 7) is 1.69. The number of hydrogen-bond donors (Lipinski definition) is 3. The van der Waals surface area contributed by atoms with Gasteiger partial charge in [0.15, 0.2) is 5.78 Å². The van der Waals surface area contributed by atoms with E-state index in [0.29, 0.717) is 39.0 Å². The summed E-state index contributed by atoms with van der Waals surface area (Å²) in [5.41, 5.74) is 3.11. The summed E-state index contributed by atoms with van der Waals surface area (Å²) >= 11 is 12.4. The molecule has 1 heterocycles. The van der Waals surface area contributed by atoms with Crippen molar-refractivity contribution >= 4 is 35.0 Å². The molecule has 2 aromatic carbocycles. The molecule has 1 aliphatic heterocycles. The number of phenolic OH excluding ortho intramolecular Hbond substituents is 1. The first-order chi connectivity index (χ1) is 14.3. The third-order valence-electron chi connectivity index (χ3n) is 5.66. The molecule has 3 N–H and O–H groups in total. The molecule has 0 radical (unpaired) electrons. The van der Waals surface area contributed by atoms with Gasteiger partial charge in [-0.15, -0.1) is 0 Å². The largest absolute Gasteiger partial charge is 0.508 e. The normalized spacial score (nSPS) is 21.4. The number of rotatable bonds is 3. The number of aromatic hydroxyl groups is 1. The molecule has 1 aliphatic carbocycles. The van der Waals surface area contributed by atoms with E-state index >= 15 is 0 Å². The zero-order valence-electron chi connectivity index (χ0n) is 16.1. The number of dihydropyridines is 1. The van der Waals surface area contributed by atoms with E-state index in [9.17, 15) is 19.8 Å². The van der Waals surface area contributed by atoms with Crippen LogP contribution in [0.15, 0.2) is 65.0 Å². The van der Waals surface area contributed by atoms with Crippen LogP contribution in [0.25, 0.3) is 0 Å². The van der Waals surface area contributed by atoms with Crippen LogP contribution in [0.5, 0.6) is 5.75 Å². The molecule has 0 spiro atoms. The minimum atomic E-state index is -1.10. The van der Waals surface area contributed by atoms with Crippen LogP contribution in [0.4, 0.5) is 0 Å². The molecule has 0 bridgehead atoms. The molecule has 0 aromatic heterocycles. The molecule has 0 saturated heterocycles. The van der Waals surface area contributed by atoms with E-state index in [1.807, 2.05) is 6.07 Å². The van der Waals surface area contributed by atoms with Crippen LogP contribution >= 0.6 is 23.2 Å². The van der Waals surface area contributed by atoms with Gasteiger partial charge < -0.3 is 15.5 Å². The number of aliphatic carboxylic acids is 1. The topological polar surface area (TPSA) is 86.6 Å². The number of benzene rings is 2. The molecule has 2 atom stereocenters.